The average Bonchev–Trinajstić information content (AvgIpc) is 2.68. The van der Waals surface area contributed by atoms with E-state index >= 15 is 0 Å². The van der Waals surface area contributed by atoms with Gasteiger partial charge in [0.05, 0.1) is 11.6 Å². The van der Waals surface area contributed by atoms with Crippen LogP contribution < -0.4 is 10.9 Å². The summed E-state index contributed by atoms with van der Waals surface area (Å²) in [6.45, 7) is 4.40. The molecule has 0 saturated heterocycles. The Hall–Kier alpha value is -3.08. The number of para-hydroxylation sites is 1. The molecule has 0 fully saturated rings. The van der Waals surface area contributed by atoms with E-state index in [0.29, 0.717) is 17.4 Å². The Morgan fingerprint density at radius 2 is 1.78 bits per heavy atom. The van der Waals surface area contributed by atoms with Gasteiger partial charge >= 0.3 is 0 Å². The molecule has 1 heterocycles. The molecule has 1 atom stereocenters. The van der Waals surface area contributed by atoms with Gasteiger partial charge in [-0.3, -0.25) is 9.59 Å². The van der Waals surface area contributed by atoms with Crippen molar-refractivity contribution in [2.24, 2.45) is 0 Å². The summed E-state index contributed by atoms with van der Waals surface area (Å²) < 4.78 is 1.58. The van der Waals surface area contributed by atoms with Crippen molar-refractivity contribution in [3.63, 3.8) is 0 Å². The lowest BCUT2D eigenvalue weighted by Gasteiger charge is -2.17. The first kappa shape index (κ1) is 18.7. The van der Waals surface area contributed by atoms with Gasteiger partial charge in [-0.05, 0) is 31.0 Å². The maximum Gasteiger partial charge on any atom is 0.267 e. The van der Waals surface area contributed by atoms with Crippen LogP contribution >= 0.6 is 0 Å². The van der Waals surface area contributed by atoms with Gasteiger partial charge in [-0.15, -0.1) is 0 Å². The van der Waals surface area contributed by atoms with Crippen LogP contribution in [0.5, 0.6) is 5.75 Å². The Morgan fingerprint density at radius 1 is 1.11 bits per heavy atom. The number of aryl methyl sites for hydroxylation is 1. The summed E-state index contributed by atoms with van der Waals surface area (Å²) in [7, 11) is 0. The normalized spacial score (nSPS) is 12.1. The van der Waals surface area contributed by atoms with Gasteiger partial charge in [0.25, 0.3) is 11.5 Å². The number of carbonyl (C=O) groups is 1. The van der Waals surface area contributed by atoms with Crippen LogP contribution in [0.1, 0.15) is 48.7 Å². The maximum atomic E-state index is 13.0. The Morgan fingerprint density at radius 3 is 2.48 bits per heavy atom. The molecule has 0 aliphatic heterocycles. The van der Waals surface area contributed by atoms with E-state index in [1.54, 1.807) is 22.8 Å². The highest BCUT2D eigenvalue weighted by Gasteiger charge is 2.23. The zero-order valence-corrected chi connectivity index (χ0v) is 15.6. The number of nitrogens with zero attached hydrogens (tertiary/aromatic N) is 1. The average molecular weight is 364 g/mol. The number of unbranched alkanes of at least 4 members (excludes halogenated alkanes) is 1. The number of aromatic hydroxyl groups is 1. The fourth-order valence-electron chi connectivity index (χ4n) is 3.23. The van der Waals surface area contributed by atoms with Crippen molar-refractivity contribution in [2.45, 2.75) is 39.3 Å². The van der Waals surface area contributed by atoms with Crippen molar-refractivity contribution in [3.05, 3.63) is 76.1 Å². The SMILES string of the molecule is CCCCn1c(=O)c(C(=O)N[C@H](C)c2ccccc2)c(O)c2ccccc21. The van der Waals surface area contributed by atoms with Crippen molar-refractivity contribution >= 4 is 16.8 Å². The summed E-state index contributed by atoms with van der Waals surface area (Å²) >= 11 is 0. The monoisotopic (exact) mass is 364 g/mol. The van der Waals surface area contributed by atoms with E-state index in [0.717, 1.165) is 18.4 Å². The van der Waals surface area contributed by atoms with Crippen LogP contribution in [-0.4, -0.2) is 15.6 Å². The number of aromatic nitrogens is 1. The van der Waals surface area contributed by atoms with Gasteiger partial charge in [-0.1, -0.05) is 55.8 Å². The topological polar surface area (TPSA) is 71.3 Å². The van der Waals surface area contributed by atoms with Crippen LogP contribution in [0.3, 0.4) is 0 Å². The van der Waals surface area contributed by atoms with Gasteiger partial charge < -0.3 is 15.0 Å². The van der Waals surface area contributed by atoms with E-state index in [-0.39, 0.29) is 17.4 Å². The molecule has 5 heteroatoms. The first-order chi connectivity index (χ1) is 13.0. The number of carbonyl (C=O) groups excluding carboxylic acids is 1. The standard InChI is InChI=1S/C22H24N2O3/c1-3-4-14-24-18-13-9-8-12-17(18)20(25)19(22(24)27)21(26)23-15(2)16-10-6-5-7-11-16/h5-13,15,25H,3-4,14H2,1-2H3,(H,23,26)/t15-/m1/s1. The molecule has 2 N–H and O–H groups in total. The number of nitrogens with one attached hydrogen (secondary N) is 1. The van der Waals surface area contributed by atoms with E-state index in [4.69, 9.17) is 0 Å². The minimum Gasteiger partial charge on any atom is -0.506 e. The molecule has 5 nitrogen and oxygen atoms in total. The summed E-state index contributed by atoms with van der Waals surface area (Å²) in [6.07, 6.45) is 1.74. The van der Waals surface area contributed by atoms with E-state index in [1.807, 2.05) is 50.2 Å². The van der Waals surface area contributed by atoms with Crippen LogP contribution in [0, 0.1) is 0 Å². The lowest BCUT2D eigenvalue weighted by atomic mass is 10.1. The first-order valence-corrected chi connectivity index (χ1v) is 9.25. The summed E-state index contributed by atoms with van der Waals surface area (Å²) in [4.78, 5) is 25.9. The van der Waals surface area contributed by atoms with Gasteiger partial charge in [0.1, 0.15) is 11.3 Å². The number of hydrogen-bond donors (Lipinski definition) is 2. The molecule has 0 spiro atoms. The highest BCUT2D eigenvalue weighted by atomic mass is 16.3. The van der Waals surface area contributed by atoms with E-state index in [2.05, 4.69) is 5.32 Å². The van der Waals surface area contributed by atoms with Crippen molar-refractivity contribution in [1.29, 1.82) is 0 Å². The third-order valence-electron chi connectivity index (χ3n) is 4.76. The Bertz CT molecular complexity index is 1010. The maximum absolute atomic E-state index is 13.0. The quantitative estimate of drug-likeness (QED) is 0.694. The molecule has 1 amide bonds. The number of benzene rings is 2. The highest BCUT2D eigenvalue weighted by Crippen LogP contribution is 2.27. The van der Waals surface area contributed by atoms with Crippen LogP contribution in [0.2, 0.25) is 0 Å². The fraction of sp³-hybridized carbons (Fsp3) is 0.273. The molecule has 3 aromatic rings. The summed E-state index contributed by atoms with van der Waals surface area (Å²) in [5.41, 5.74) is 0.906. The highest BCUT2D eigenvalue weighted by molar-refractivity contribution is 6.02. The molecule has 0 aliphatic carbocycles. The van der Waals surface area contributed by atoms with Gasteiger partial charge in [0.15, 0.2) is 0 Å². The summed E-state index contributed by atoms with van der Waals surface area (Å²) in [5.74, 6) is -0.828. The predicted octanol–water partition coefficient (Wildman–Crippen LogP) is 4.00. The fourth-order valence-corrected chi connectivity index (χ4v) is 3.23. The number of hydrogen-bond acceptors (Lipinski definition) is 3. The van der Waals surface area contributed by atoms with Crippen LogP contribution in [-0.2, 0) is 6.54 Å². The number of fused-ring (bicyclic) bond motifs is 1. The number of rotatable bonds is 6. The molecule has 27 heavy (non-hydrogen) atoms. The van der Waals surface area contributed by atoms with Crippen molar-refractivity contribution in [2.75, 3.05) is 0 Å². The summed E-state index contributed by atoms with van der Waals surface area (Å²) in [5, 5.41) is 14.0. The van der Waals surface area contributed by atoms with Crippen molar-refractivity contribution in [3.8, 4) is 5.75 Å². The van der Waals surface area contributed by atoms with E-state index < -0.39 is 11.5 Å². The molecule has 0 bridgehead atoms. The minimum atomic E-state index is -0.565. The van der Waals surface area contributed by atoms with Crippen LogP contribution in [0.4, 0.5) is 0 Å². The molecule has 2 aromatic carbocycles. The molecular weight excluding hydrogens is 340 g/mol. The Kier molecular flexibility index (Phi) is 5.60. The third-order valence-corrected chi connectivity index (χ3v) is 4.76. The van der Waals surface area contributed by atoms with Gasteiger partial charge in [-0.2, -0.15) is 0 Å². The molecule has 0 saturated carbocycles. The van der Waals surface area contributed by atoms with Gasteiger partial charge in [0, 0.05) is 11.9 Å². The second-order valence-electron chi connectivity index (χ2n) is 6.66. The summed E-state index contributed by atoms with van der Waals surface area (Å²) in [6, 6.07) is 16.3. The van der Waals surface area contributed by atoms with Crippen LogP contribution in [0.15, 0.2) is 59.4 Å². The minimum absolute atomic E-state index is 0.201. The van der Waals surface area contributed by atoms with Gasteiger partial charge in [-0.25, -0.2) is 0 Å². The third kappa shape index (κ3) is 3.72. The number of pyridine rings is 1. The van der Waals surface area contributed by atoms with Crippen molar-refractivity contribution in [1.82, 2.24) is 9.88 Å². The molecule has 1 aromatic heterocycles. The molecular formula is C22H24N2O3. The first-order valence-electron chi connectivity index (χ1n) is 9.25. The number of amides is 1. The Labute approximate surface area is 158 Å². The van der Waals surface area contributed by atoms with Crippen molar-refractivity contribution < 1.29 is 9.90 Å². The van der Waals surface area contributed by atoms with Crippen LogP contribution in [0.25, 0.3) is 10.9 Å². The second-order valence-corrected chi connectivity index (χ2v) is 6.66. The molecule has 0 radical (unpaired) electrons. The largest absolute Gasteiger partial charge is 0.506 e. The van der Waals surface area contributed by atoms with Gasteiger partial charge in [0.2, 0.25) is 0 Å². The second kappa shape index (κ2) is 8.08. The lowest BCUT2D eigenvalue weighted by Crippen LogP contribution is -2.34. The molecule has 0 aliphatic rings. The predicted molar refractivity (Wildman–Crippen MR) is 107 cm³/mol. The zero-order valence-electron chi connectivity index (χ0n) is 15.6. The molecule has 0 unspecified atom stereocenters. The Balaban J connectivity index is 2.05. The molecule has 140 valence electrons. The molecule has 3 rings (SSSR count). The van der Waals surface area contributed by atoms with E-state index in [9.17, 15) is 14.7 Å². The lowest BCUT2D eigenvalue weighted by molar-refractivity contribution is 0.0935. The zero-order chi connectivity index (χ0) is 19.4. The van der Waals surface area contributed by atoms with E-state index in [1.165, 1.54) is 0 Å². The smallest absolute Gasteiger partial charge is 0.267 e.